The molecule has 0 saturated heterocycles. The molecule has 0 atom stereocenters. The highest BCUT2D eigenvalue weighted by Gasteiger charge is 2.13. The van der Waals surface area contributed by atoms with E-state index in [1.165, 1.54) is 19.2 Å². The lowest BCUT2D eigenvalue weighted by Crippen LogP contribution is -2.34. The van der Waals surface area contributed by atoms with E-state index in [0.29, 0.717) is 5.56 Å². The quantitative estimate of drug-likeness (QED) is 0.801. The van der Waals surface area contributed by atoms with Gasteiger partial charge in [0.1, 0.15) is 11.6 Å². The number of hydrogen-bond donors (Lipinski definition) is 2. The van der Waals surface area contributed by atoms with Gasteiger partial charge in [-0.2, -0.15) is 0 Å². The van der Waals surface area contributed by atoms with Crippen molar-refractivity contribution in [3.63, 3.8) is 0 Å². The van der Waals surface area contributed by atoms with Gasteiger partial charge in [0.05, 0.1) is 12.7 Å². The fourth-order valence-corrected chi connectivity index (χ4v) is 2.00. The maximum absolute atomic E-state index is 13.2. The van der Waals surface area contributed by atoms with Gasteiger partial charge >= 0.3 is 0 Å². The molecule has 0 bridgehead atoms. The molecule has 120 valence electrons. The summed E-state index contributed by atoms with van der Waals surface area (Å²) in [6, 6.07) is 12.5. The Balaban J connectivity index is 1.84. The predicted molar refractivity (Wildman–Crippen MR) is 84.1 cm³/mol. The molecule has 2 N–H and O–H groups in total. The van der Waals surface area contributed by atoms with Crippen LogP contribution in [0.3, 0.4) is 0 Å². The van der Waals surface area contributed by atoms with Crippen molar-refractivity contribution in [2.75, 3.05) is 20.2 Å². The Morgan fingerprint density at radius 3 is 2.30 bits per heavy atom. The van der Waals surface area contributed by atoms with Crippen molar-refractivity contribution in [3.8, 4) is 5.75 Å². The van der Waals surface area contributed by atoms with E-state index >= 15 is 0 Å². The Hall–Kier alpha value is -2.89. The van der Waals surface area contributed by atoms with Crippen LogP contribution in [-0.2, 0) is 0 Å². The monoisotopic (exact) mass is 316 g/mol. The Labute approximate surface area is 133 Å². The van der Waals surface area contributed by atoms with E-state index in [2.05, 4.69) is 10.6 Å². The lowest BCUT2D eigenvalue weighted by molar-refractivity contribution is 0.0926. The van der Waals surface area contributed by atoms with E-state index < -0.39 is 11.7 Å². The summed E-state index contributed by atoms with van der Waals surface area (Å²) in [7, 11) is 1.41. The third-order valence-electron chi connectivity index (χ3n) is 3.14. The van der Waals surface area contributed by atoms with Gasteiger partial charge < -0.3 is 15.4 Å². The van der Waals surface area contributed by atoms with Gasteiger partial charge in [0, 0.05) is 18.7 Å². The molecule has 23 heavy (non-hydrogen) atoms. The van der Waals surface area contributed by atoms with Crippen LogP contribution in [0.15, 0.2) is 48.5 Å². The number of hydrogen-bond acceptors (Lipinski definition) is 3. The number of ether oxygens (including phenoxy) is 1. The molecular formula is C17H17FN2O3. The number of benzene rings is 2. The first kappa shape index (κ1) is 16.5. The zero-order valence-electron chi connectivity index (χ0n) is 12.6. The fourth-order valence-electron chi connectivity index (χ4n) is 2.00. The van der Waals surface area contributed by atoms with Crippen molar-refractivity contribution in [2.24, 2.45) is 0 Å². The number of halogens is 1. The van der Waals surface area contributed by atoms with Gasteiger partial charge in [-0.15, -0.1) is 0 Å². The van der Waals surface area contributed by atoms with E-state index in [0.717, 1.165) is 6.07 Å². The predicted octanol–water partition coefficient (Wildman–Crippen LogP) is 1.99. The molecule has 2 rings (SSSR count). The van der Waals surface area contributed by atoms with Crippen LogP contribution in [0.4, 0.5) is 4.39 Å². The highest BCUT2D eigenvalue weighted by atomic mass is 19.1. The summed E-state index contributed by atoms with van der Waals surface area (Å²) < 4.78 is 18.3. The van der Waals surface area contributed by atoms with Crippen molar-refractivity contribution in [2.45, 2.75) is 0 Å². The summed E-state index contributed by atoms with van der Waals surface area (Å²) in [5.74, 6) is -0.913. The van der Waals surface area contributed by atoms with Gasteiger partial charge in [0.15, 0.2) is 0 Å². The summed E-state index contributed by atoms with van der Waals surface area (Å²) in [5.41, 5.74) is 0.660. The molecule has 0 unspecified atom stereocenters. The van der Waals surface area contributed by atoms with Gasteiger partial charge in [-0.05, 0) is 30.3 Å². The van der Waals surface area contributed by atoms with Crippen LogP contribution in [0.2, 0.25) is 0 Å². The minimum absolute atomic E-state index is 0.113. The van der Waals surface area contributed by atoms with Crippen LogP contribution in [0, 0.1) is 5.82 Å². The number of carbonyl (C=O) groups is 2. The van der Waals surface area contributed by atoms with Crippen LogP contribution in [0.1, 0.15) is 20.7 Å². The van der Waals surface area contributed by atoms with Crippen LogP contribution < -0.4 is 15.4 Å². The fraction of sp³-hybridized carbons (Fsp3) is 0.176. The van der Waals surface area contributed by atoms with E-state index in [9.17, 15) is 14.0 Å². The average molecular weight is 316 g/mol. The summed E-state index contributed by atoms with van der Waals surface area (Å²) >= 11 is 0. The zero-order chi connectivity index (χ0) is 16.7. The van der Waals surface area contributed by atoms with Gasteiger partial charge in [-0.25, -0.2) is 4.39 Å². The molecule has 0 aliphatic rings. The molecule has 0 heterocycles. The van der Waals surface area contributed by atoms with Crippen molar-refractivity contribution in [3.05, 3.63) is 65.5 Å². The van der Waals surface area contributed by atoms with E-state index in [4.69, 9.17) is 4.74 Å². The molecule has 2 amide bonds. The highest BCUT2D eigenvalue weighted by Crippen LogP contribution is 2.18. The third kappa shape index (κ3) is 4.54. The maximum Gasteiger partial charge on any atom is 0.255 e. The van der Waals surface area contributed by atoms with Crippen molar-refractivity contribution < 1.29 is 18.7 Å². The Morgan fingerprint density at radius 2 is 1.65 bits per heavy atom. The Morgan fingerprint density at radius 1 is 1.00 bits per heavy atom. The second kappa shape index (κ2) is 7.93. The molecular weight excluding hydrogens is 299 g/mol. The first-order valence-electron chi connectivity index (χ1n) is 7.07. The lowest BCUT2D eigenvalue weighted by atomic mass is 10.2. The van der Waals surface area contributed by atoms with Crippen LogP contribution in [-0.4, -0.2) is 32.0 Å². The standard InChI is InChI=1S/C17H17FN2O3/c1-23-15-8-7-13(18)11-14(15)17(22)20-10-9-19-16(21)12-5-3-2-4-6-12/h2-8,11H,9-10H2,1H3,(H,19,21)(H,20,22). The molecule has 2 aromatic rings. The third-order valence-corrected chi connectivity index (χ3v) is 3.14. The molecule has 0 spiro atoms. The molecule has 0 aromatic heterocycles. The minimum atomic E-state index is -0.520. The summed E-state index contributed by atoms with van der Waals surface area (Å²) in [4.78, 5) is 23.8. The largest absolute Gasteiger partial charge is 0.496 e. The summed E-state index contributed by atoms with van der Waals surface area (Å²) in [6.07, 6.45) is 0. The van der Waals surface area contributed by atoms with E-state index in [-0.39, 0.29) is 30.3 Å². The molecule has 0 aliphatic heterocycles. The van der Waals surface area contributed by atoms with Crippen LogP contribution in [0.5, 0.6) is 5.75 Å². The molecule has 0 aliphatic carbocycles. The Kier molecular flexibility index (Phi) is 5.68. The number of methoxy groups -OCH3 is 1. The minimum Gasteiger partial charge on any atom is -0.496 e. The first-order chi connectivity index (χ1) is 11.1. The second-order valence-electron chi connectivity index (χ2n) is 4.72. The SMILES string of the molecule is COc1ccc(F)cc1C(=O)NCCNC(=O)c1ccccc1. The van der Waals surface area contributed by atoms with Gasteiger partial charge in [0.25, 0.3) is 11.8 Å². The smallest absolute Gasteiger partial charge is 0.255 e. The molecule has 0 radical (unpaired) electrons. The molecule has 2 aromatic carbocycles. The molecule has 0 saturated carbocycles. The maximum atomic E-state index is 13.2. The topological polar surface area (TPSA) is 67.4 Å². The number of carbonyl (C=O) groups excluding carboxylic acids is 2. The normalized spacial score (nSPS) is 10.0. The van der Waals surface area contributed by atoms with Crippen molar-refractivity contribution in [1.82, 2.24) is 10.6 Å². The number of nitrogens with one attached hydrogen (secondary N) is 2. The molecule has 5 nitrogen and oxygen atoms in total. The van der Waals surface area contributed by atoms with Crippen LogP contribution in [0.25, 0.3) is 0 Å². The van der Waals surface area contributed by atoms with Crippen molar-refractivity contribution >= 4 is 11.8 Å². The number of amides is 2. The van der Waals surface area contributed by atoms with Gasteiger partial charge in [0.2, 0.25) is 0 Å². The van der Waals surface area contributed by atoms with Gasteiger partial charge in [-0.1, -0.05) is 18.2 Å². The van der Waals surface area contributed by atoms with E-state index in [1.807, 2.05) is 6.07 Å². The van der Waals surface area contributed by atoms with E-state index in [1.54, 1.807) is 24.3 Å². The summed E-state index contributed by atoms with van der Waals surface area (Å²) in [6.45, 7) is 0.480. The second-order valence-corrected chi connectivity index (χ2v) is 4.72. The van der Waals surface area contributed by atoms with Crippen molar-refractivity contribution in [1.29, 1.82) is 0 Å². The Bertz CT molecular complexity index is 689. The molecule has 0 fully saturated rings. The first-order valence-corrected chi connectivity index (χ1v) is 7.07. The lowest BCUT2D eigenvalue weighted by Gasteiger charge is -2.10. The number of rotatable bonds is 6. The molecule has 6 heteroatoms. The summed E-state index contributed by atoms with van der Waals surface area (Å²) in [5, 5.41) is 5.29. The zero-order valence-corrected chi connectivity index (χ0v) is 12.6. The highest BCUT2D eigenvalue weighted by molar-refractivity contribution is 5.97. The van der Waals surface area contributed by atoms with Gasteiger partial charge in [-0.3, -0.25) is 9.59 Å². The average Bonchev–Trinajstić information content (AvgIpc) is 2.59. The van der Waals surface area contributed by atoms with Crippen LogP contribution >= 0.6 is 0 Å².